The Balaban J connectivity index is 1.65. The molecule has 0 aromatic rings. The van der Waals surface area contributed by atoms with E-state index in [1.807, 2.05) is 6.92 Å². The number of aliphatic imine (C=N–C) groups is 1. The van der Waals surface area contributed by atoms with Crippen molar-refractivity contribution in [2.45, 2.75) is 25.0 Å². The highest BCUT2D eigenvalue weighted by atomic mass is 32.2. The third-order valence-electron chi connectivity index (χ3n) is 2.51. The standard InChI is InChI=1S/C10H16N2O2S/c1-2-14-9(13)6-12-10-11-5-8(15-10)7-3-4-7/h7-8H,2-6H2,1H3,(H,11,12). The maximum absolute atomic E-state index is 11.1. The molecule has 1 fully saturated rings. The molecule has 0 spiro atoms. The van der Waals surface area contributed by atoms with E-state index in [0.717, 1.165) is 17.6 Å². The minimum absolute atomic E-state index is 0.212. The van der Waals surface area contributed by atoms with Crippen molar-refractivity contribution in [2.24, 2.45) is 10.9 Å². The lowest BCUT2D eigenvalue weighted by atomic mass is 10.3. The zero-order valence-corrected chi connectivity index (χ0v) is 9.68. The van der Waals surface area contributed by atoms with Crippen LogP contribution in [0.3, 0.4) is 0 Å². The van der Waals surface area contributed by atoms with Gasteiger partial charge in [-0.1, -0.05) is 11.8 Å². The number of carbonyl (C=O) groups is 1. The van der Waals surface area contributed by atoms with Gasteiger partial charge in [-0.25, -0.2) is 0 Å². The van der Waals surface area contributed by atoms with E-state index in [-0.39, 0.29) is 12.5 Å². The summed E-state index contributed by atoms with van der Waals surface area (Å²) in [4.78, 5) is 15.4. The molecule has 1 atom stereocenters. The van der Waals surface area contributed by atoms with Crippen molar-refractivity contribution < 1.29 is 9.53 Å². The number of ether oxygens (including phenoxy) is 1. The summed E-state index contributed by atoms with van der Waals surface area (Å²) in [6.45, 7) is 3.38. The van der Waals surface area contributed by atoms with Gasteiger partial charge in [0.2, 0.25) is 0 Å². The molecular weight excluding hydrogens is 212 g/mol. The first kappa shape index (κ1) is 10.8. The van der Waals surface area contributed by atoms with Crippen molar-refractivity contribution in [2.75, 3.05) is 19.7 Å². The van der Waals surface area contributed by atoms with Crippen molar-refractivity contribution in [1.82, 2.24) is 5.32 Å². The average Bonchev–Trinajstić information content (AvgIpc) is 2.96. The SMILES string of the molecule is CCOC(=O)CNC1=NCC(C2CC2)S1. The number of rotatable bonds is 4. The topological polar surface area (TPSA) is 50.7 Å². The first-order valence-electron chi connectivity index (χ1n) is 5.40. The zero-order valence-electron chi connectivity index (χ0n) is 8.86. The third-order valence-corrected chi connectivity index (χ3v) is 3.85. The minimum atomic E-state index is -0.212. The number of esters is 1. The number of hydrogen-bond acceptors (Lipinski definition) is 5. The van der Waals surface area contributed by atoms with Gasteiger partial charge in [-0.15, -0.1) is 0 Å². The monoisotopic (exact) mass is 228 g/mol. The molecule has 1 heterocycles. The molecule has 2 rings (SSSR count). The van der Waals surface area contributed by atoms with Gasteiger partial charge in [0.1, 0.15) is 6.54 Å². The Morgan fingerprint density at radius 3 is 3.13 bits per heavy atom. The van der Waals surface area contributed by atoms with Crippen LogP contribution in [-0.4, -0.2) is 36.1 Å². The Labute approximate surface area is 93.9 Å². The van der Waals surface area contributed by atoms with E-state index < -0.39 is 0 Å². The maximum Gasteiger partial charge on any atom is 0.325 e. The van der Waals surface area contributed by atoms with Crippen molar-refractivity contribution in [3.05, 3.63) is 0 Å². The van der Waals surface area contributed by atoms with Gasteiger partial charge in [0, 0.05) is 5.25 Å². The number of carbonyl (C=O) groups excluding carboxylic acids is 1. The summed E-state index contributed by atoms with van der Waals surface area (Å²) in [6, 6.07) is 0. The Kier molecular flexibility index (Phi) is 3.51. The molecule has 1 unspecified atom stereocenters. The van der Waals surface area contributed by atoms with E-state index in [0.29, 0.717) is 11.9 Å². The highest BCUT2D eigenvalue weighted by Crippen LogP contribution is 2.41. The van der Waals surface area contributed by atoms with Gasteiger partial charge in [-0.05, 0) is 25.7 Å². The normalized spacial score (nSPS) is 24.9. The minimum Gasteiger partial charge on any atom is -0.465 e. The second-order valence-corrected chi connectivity index (χ2v) is 5.03. The maximum atomic E-state index is 11.1. The van der Waals surface area contributed by atoms with Crippen molar-refractivity contribution in [3.63, 3.8) is 0 Å². The van der Waals surface area contributed by atoms with Crippen LogP contribution in [0.1, 0.15) is 19.8 Å². The molecule has 0 amide bonds. The molecule has 84 valence electrons. The highest BCUT2D eigenvalue weighted by Gasteiger charge is 2.35. The Bertz CT molecular complexity index is 277. The van der Waals surface area contributed by atoms with Gasteiger partial charge in [-0.3, -0.25) is 9.79 Å². The number of hydrogen-bond donors (Lipinski definition) is 1. The summed E-state index contributed by atoms with van der Waals surface area (Å²) >= 11 is 1.77. The van der Waals surface area contributed by atoms with Crippen LogP contribution in [-0.2, 0) is 9.53 Å². The van der Waals surface area contributed by atoms with E-state index >= 15 is 0 Å². The molecule has 2 aliphatic rings. The Morgan fingerprint density at radius 1 is 1.67 bits per heavy atom. The summed E-state index contributed by atoms with van der Waals surface area (Å²) < 4.78 is 4.82. The molecule has 0 aromatic carbocycles. The summed E-state index contributed by atoms with van der Waals surface area (Å²) in [5.41, 5.74) is 0. The lowest BCUT2D eigenvalue weighted by Crippen LogP contribution is -2.28. The predicted octanol–water partition coefficient (Wildman–Crippen LogP) is 1.02. The van der Waals surface area contributed by atoms with Gasteiger partial charge < -0.3 is 10.1 Å². The first-order chi connectivity index (χ1) is 7.29. The molecule has 4 nitrogen and oxygen atoms in total. The van der Waals surface area contributed by atoms with Gasteiger partial charge >= 0.3 is 5.97 Å². The van der Waals surface area contributed by atoms with Crippen LogP contribution in [0.15, 0.2) is 4.99 Å². The lowest BCUT2D eigenvalue weighted by Gasteiger charge is -2.07. The molecule has 1 aliphatic heterocycles. The third kappa shape index (κ3) is 3.12. The van der Waals surface area contributed by atoms with Crippen LogP contribution >= 0.6 is 11.8 Å². The summed E-state index contributed by atoms with van der Waals surface area (Å²) in [5, 5.41) is 4.57. The fourth-order valence-corrected chi connectivity index (χ4v) is 2.77. The molecular formula is C10H16N2O2S. The second-order valence-electron chi connectivity index (χ2n) is 3.80. The van der Waals surface area contributed by atoms with E-state index in [1.165, 1.54) is 12.8 Å². The fraction of sp³-hybridized carbons (Fsp3) is 0.800. The Morgan fingerprint density at radius 2 is 2.47 bits per heavy atom. The van der Waals surface area contributed by atoms with Crippen LogP contribution in [0.25, 0.3) is 0 Å². The quantitative estimate of drug-likeness (QED) is 0.730. The molecule has 1 N–H and O–H groups in total. The number of thioether (sulfide) groups is 1. The smallest absolute Gasteiger partial charge is 0.325 e. The van der Waals surface area contributed by atoms with Crippen LogP contribution in [0.2, 0.25) is 0 Å². The molecule has 15 heavy (non-hydrogen) atoms. The molecule has 1 saturated carbocycles. The fourth-order valence-electron chi connectivity index (χ4n) is 1.56. The number of nitrogens with zero attached hydrogens (tertiary/aromatic N) is 1. The number of nitrogens with one attached hydrogen (secondary N) is 1. The summed E-state index contributed by atoms with van der Waals surface area (Å²) in [7, 11) is 0. The highest BCUT2D eigenvalue weighted by molar-refractivity contribution is 8.14. The van der Waals surface area contributed by atoms with Gasteiger partial charge in [0.25, 0.3) is 0 Å². The Hall–Kier alpha value is -0.710. The summed E-state index contributed by atoms with van der Waals surface area (Å²) in [5.74, 6) is 0.649. The predicted molar refractivity (Wildman–Crippen MR) is 61.0 cm³/mol. The van der Waals surface area contributed by atoms with Crippen LogP contribution in [0, 0.1) is 5.92 Å². The van der Waals surface area contributed by atoms with Crippen LogP contribution in [0.5, 0.6) is 0 Å². The lowest BCUT2D eigenvalue weighted by molar-refractivity contribution is -0.141. The van der Waals surface area contributed by atoms with Crippen molar-refractivity contribution in [1.29, 1.82) is 0 Å². The van der Waals surface area contributed by atoms with E-state index in [2.05, 4.69) is 10.3 Å². The molecule has 0 bridgehead atoms. The van der Waals surface area contributed by atoms with E-state index in [1.54, 1.807) is 11.8 Å². The van der Waals surface area contributed by atoms with Gasteiger partial charge in [-0.2, -0.15) is 0 Å². The molecule has 0 saturated heterocycles. The average molecular weight is 228 g/mol. The van der Waals surface area contributed by atoms with E-state index in [9.17, 15) is 4.79 Å². The van der Waals surface area contributed by atoms with E-state index in [4.69, 9.17) is 4.74 Å². The second kappa shape index (κ2) is 4.88. The molecule has 1 aliphatic carbocycles. The van der Waals surface area contributed by atoms with Crippen LogP contribution < -0.4 is 5.32 Å². The van der Waals surface area contributed by atoms with Gasteiger partial charge in [0.05, 0.1) is 13.2 Å². The van der Waals surface area contributed by atoms with Crippen molar-refractivity contribution in [3.8, 4) is 0 Å². The zero-order chi connectivity index (χ0) is 10.7. The summed E-state index contributed by atoms with van der Waals surface area (Å²) in [6.07, 6.45) is 2.69. The van der Waals surface area contributed by atoms with Crippen LogP contribution in [0.4, 0.5) is 0 Å². The first-order valence-corrected chi connectivity index (χ1v) is 6.28. The van der Waals surface area contributed by atoms with Gasteiger partial charge in [0.15, 0.2) is 5.17 Å². The molecule has 0 aromatic heterocycles. The largest absolute Gasteiger partial charge is 0.465 e. The van der Waals surface area contributed by atoms with Crippen molar-refractivity contribution >= 4 is 22.9 Å². The number of amidine groups is 1. The molecule has 5 heteroatoms. The molecule has 0 radical (unpaired) electrons.